The van der Waals surface area contributed by atoms with Crippen LogP contribution in [0.4, 0.5) is 0 Å². The van der Waals surface area contributed by atoms with Crippen molar-refractivity contribution in [3.8, 4) is 0 Å². The number of hydrogen-bond acceptors (Lipinski definition) is 6. The maximum Gasteiger partial charge on any atom is 0.326 e. The molecule has 3 unspecified atom stereocenters. The molecular formula is C21H29N5O5S. The van der Waals surface area contributed by atoms with Gasteiger partial charge in [0, 0.05) is 23.5 Å². The molecule has 0 fully saturated rings. The molecule has 0 spiro atoms. The maximum atomic E-state index is 12.8. The summed E-state index contributed by atoms with van der Waals surface area (Å²) < 4.78 is 0. The molecule has 2 aromatic rings. The first-order valence-corrected chi connectivity index (χ1v) is 11.5. The second-order valence-corrected chi connectivity index (χ2v) is 8.36. The second kappa shape index (κ2) is 12.1. The summed E-state index contributed by atoms with van der Waals surface area (Å²) in [7, 11) is 0. The van der Waals surface area contributed by atoms with E-state index in [9.17, 15) is 24.3 Å². The van der Waals surface area contributed by atoms with Gasteiger partial charge in [0.2, 0.25) is 17.7 Å². The fourth-order valence-electron chi connectivity index (χ4n) is 3.06. The fraction of sp³-hybridized carbons (Fsp3) is 0.429. The monoisotopic (exact) mass is 463 g/mol. The Morgan fingerprint density at radius 1 is 1.12 bits per heavy atom. The number of carboxylic acids is 1. The van der Waals surface area contributed by atoms with Gasteiger partial charge in [0.05, 0.1) is 12.6 Å². The van der Waals surface area contributed by atoms with E-state index >= 15 is 0 Å². The van der Waals surface area contributed by atoms with E-state index in [-0.39, 0.29) is 12.8 Å². The van der Waals surface area contributed by atoms with Crippen molar-refractivity contribution in [2.45, 2.75) is 37.9 Å². The molecule has 0 aliphatic heterocycles. The highest BCUT2D eigenvalue weighted by molar-refractivity contribution is 7.98. The fourth-order valence-corrected chi connectivity index (χ4v) is 3.53. The third kappa shape index (κ3) is 7.27. The molecule has 174 valence electrons. The second-order valence-electron chi connectivity index (χ2n) is 7.37. The number of amides is 3. The molecule has 3 amide bonds. The molecule has 2 rings (SSSR count). The number of benzene rings is 1. The molecule has 1 aromatic carbocycles. The van der Waals surface area contributed by atoms with Gasteiger partial charge in [-0.15, -0.1) is 0 Å². The number of aliphatic carboxylic acids is 1. The van der Waals surface area contributed by atoms with Crippen LogP contribution in [0.3, 0.4) is 0 Å². The summed E-state index contributed by atoms with van der Waals surface area (Å²) in [6, 6.07) is 4.73. The Hall–Kier alpha value is -3.05. The van der Waals surface area contributed by atoms with Crippen LogP contribution in [0.15, 0.2) is 30.5 Å². The Labute approximate surface area is 190 Å². The van der Waals surface area contributed by atoms with Crippen LogP contribution in [0, 0.1) is 0 Å². The maximum absolute atomic E-state index is 12.8. The van der Waals surface area contributed by atoms with Gasteiger partial charge in [0.25, 0.3) is 0 Å². The lowest BCUT2D eigenvalue weighted by molar-refractivity contribution is -0.141. The summed E-state index contributed by atoms with van der Waals surface area (Å²) >= 11 is 1.47. The highest BCUT2D eigenvalue weighted by Gasteiger charge is 2.25. The van der Waals surface area contributed by atoms with Gasteiger partial charge < -0.3 is 31.8 Å². The van der Waals surface area contributed by atoms with Crippen LogP contribution in [-0.2, 0) is 25.6 Å². The van der Waals surface area contributed by atoms with Gasteiger partial charge in [-0.05, 0) is 37.0 Å². The average molecular weight is 464 g/mol. The number of para-hydroxylation sites is 1. The molecule has 1 heterocycles. The number of H-pyrrole nitrogens is 1. The standard InChI is InChI=1S/C21H29N5O5S/c1-12(22)19(28)26-17(9-13-10-23-15-6-4-3-5-14(13)15)20(29)24-11-18(27)25-16(21(30)31)7-8-32-2/h3-6,10,12,16-17,23H,7-9,11,22H2,1-2H3,(H,24,29)(H,25,27)(H,26,28)(H,30,31). The number of carboxylic acid groups (broad SMARTS) is 1. The molecule has 0 saturated carbocycles. The van der Waals surface area contributed by atoms with Crippen molar-refractivity contribution in [3.63, 3.8) is 0 Å². The van der Waals surface area contributed by atoms with E-state index in [0.29, 0.717) is 5.75 Å². The van der Waals surface area contributed by atoms with E-state index in [1.54, 1.807) is 6.20 Å². The Bertz CT molecular complexity index is 961. The van der Waals surface area contributed by atoms with Gasteiger partial charge >= 0.3 is 5.97 Å². The Morgan fingerprint density at radius 3 is 2.50 bits per heavy atom. The highest BCUT2D eigenvalue weighted by atomic mass is 32.2. The number of aromatic amines is 1. The first-order chi connectivity index (χ1) is 15.2. The molecule has 1 aromatic heterocycles. The van der Waals surface area contributed by atoms with E-state index in [4.69, 9.17) is 5.73 Å². The van der Waals surface area contributed by atoms with Crippen molar-refractivity contribution in [1.82, 2.24) is 20.9 Å². The Kier molecular flexibility index (Phi) is 9.54. The predicted octanol–water partition coefficient (Wildman–Crippen LogP) is -0.0189. The van der Waals surface area contributed by atoms with Crippen LogP contribution in [-0.4, -0.2) is 70.5 Å². The van der Waals surface area contributed by atoms with Crippen LogP contribution >= 0.6 is 11.8 Å². The van der Waals surface area contributed by atoms with Gasteiger partial charge in [-0.2, -0.15) is 11.8 Å². The average Bonchev–Trinajstić information content (AvgIpc) is 3.17. The predicted molar refractivity (Wildman–Crippen MR) is 123 cm³/mol. The minimum Gasteiger partial charge on any atom is -0.480 e. The Balaban J connectivity index is 2.05. The molecule has 7 N–H and O–H groups in total. The SMILES string of the molecule is CSCCC(NC(=O)CNC(=O)C(Cc1c[nH]c2ccccc12)NC(=O)C(C)N)C(=O)O. The zero-order valence-electron chi connectivity index (χ0n) is 18.0. The molecule has 32 heavy (non-hydrogen) atoms. The third-order valence-electron chi connectivity index (χ3n) is 4.81. The smallest absolute Gasteiger partial charge is 0.326 e. The van der Waals surface area contributed by atoms with Gasteiger partial charge in [0.1, 0.15) is 12.1 Å². The topological polar surface area (TPSA) is 166 Å². The molecular weight excluding hydrogens is 434 g/mol. The number of thioether (sulfide) groups is 1. The van der Waals surface area contributed by atoms with E-state index in [0.717, 1.165) is 16.5 Å². The largest absolute Gasteiger partial charge is 0.480 e. The van der Waals surface area contributed by atoms with Crippen molar-refractivity contribution in [2.75, 3.05) is 18.6 Å². The van der Waals surface area contributed by atoms with Crippen molar-refractivity contribution in [2.24, 2.45) is 5.73 Å². The zero-order chi connectivity index (χ0) is 23.7. The number of hydrogen-bond donors (Lipinski definition) is 6. The van der Waals surface area contributed by atoms with Gasteiger partial charge in [0.15, 0.2) is 0 Å². The molecule has 11 heteroatoms. The lowest BCUT2D eigenvalue weighted by atomic mass is 10.0. The summed E-state index contributed by atoms with van der Waals surface area (Å²) in [5.41, 5.74) is 7.33. The summed E-state index contributed by atoms with van der Waals surface area (Å²) in [6.45, 7) is 1.09. The minimum atomic E-state index is -1.14. The van der Waals surface area contributed by atoms with Crippen LogP contribution in [0.25, 0.3) is 10.9 Å². The summed E-state index contributed by atoms with van der Waals surface area (Å²) in [6.07, 6.45) is 4.05. The number of nitrogens with one attached hydrogen (secondary N) is 4. The van der Waals surface area contributed by atoms with E-state index in [1.165, 1.54) is 18.7 Å². The number of nitrogens with two attached hydrogens (primary N) is 1. The number of rotatable bonds is 12. The molecule has 0 bridgehead atoms. The molecule has 3 atom stereocenters. The first-order valence-electron chi connectivity index (χ1n) is 10.1. The van der Waals surface area contributed by atoms with E-state index in [2.05, 4.69) is 20.9 Å². The van der Waals surface area contributed by atoms with Crippen molar-refractivity contribution in [3.05, 3.63) is 36.0 Å². The van der Waals surface area contributed by atoms with Gasteiger partial charge in [-0.25, -0.2) is 4.79 Å². The molecule has 0 aliphatic carbocycles. The lowest BCUT2D eigenvalue weighted by Gasteiger charge is -2.20. The highest BCUT2D eigenvalue weighted by Crippen LogP contribution is 2.19. The number of carbonyl (C=O) groups is 4. The Morgan fingerprint density at radius 2 is 1.84 bits per heavy atom. The van der Waals surface area contributed by atoms with Crippen LogP contribution in [0.1, 0.15) is 18.9 Å². The van der Waals surface area contributed by atoms with Crippen molar-refractivity contribution >= 4 is 46.4 Å². The van der Waals surface area contributed by atoms with Gasteiger partial charge in [-0.3, -0.25) is 14.4 Å². The first kappa shape index (κ1) is 25.2. The molecule has 0 radical (unpaired) electrons. The van der Waals surface area contributed by atoms with Crippen LogP contribution in [0.2, 0.25) is 0 Å². The van der Waals surface area contributed by atoms with E-state index in [1.807, 2.05) is 30.5 Å². The van der Waals surface area contributed by atoms with Crippen LogP contribution < -0.4 is 21.7 Å². The quantitative estimate of drug-likeness (QED) is 0.257. The number of aromatic nitrogens is 1. The minimum absolute atomic E-state index is 0.182. The van der Waals surface area contributed by atoms with E-state index < -0.39 is 48.4 Å². The molecule has 0 aliphatic rings. The third-order valence-corrected chi connectivity index (χ3v) is 5.46. The number of fused-ring (bicyclic) bond motifs is 1. The normalized spacial score (nSPS) is 13.7. The van der Waals surface area contributed by atoms with Gasteiger partial charge in [-0.1, -0.05) is 18.2 Å². The van der Waals surface area contributed by atoms with Crippen molar-refractivity contribution < 1.29 is 24.3 Å². The summed E-state index contributed by atoms with van der Waals surface area (Å²) in [5.74, 6) is -2.27. The summed E-state index contributed by atoms with van der Waals surface area (Å²) in [5, 5.41) is 17.6. The lowest BCUT2D eigenvalue weighted by Crippen LogP contribution is -2.53. The molecule has 0 saturated heterocycles. The number of carbonyl (C=O) groups excluding carboxylic acids is 3. The van der Waals surface area contributed by atoms with Crippen molar-refractivity contribution in [1.29, 1.82) is 0 Å². The van der Waals surface area contributed by atoms with Crippen LogP contribution in [0.5, 0.6) is 0 Å². The summed E-state index contributed by atoms with van der Waals surface area (Å²) in [4.78, 5) is 51.5. The molecule has 10 nitrogen and oxygen atoms in total. The zero-order valence-corrected chi connectivity index (χ0v) is 18.8.